The minimum Gasteiger partial charge on any atom is -0.369 e. The largest absolute Gasteiger partial charge is 0.369 e. The van der Waals surface area contributed by atoms with Gasteiger partial charge in [-0.2, -0.15) is 0 Å². The van der Waals surface area contributed by atoms with E-state index in [9.17, 15) is 9.59 Å². The molecule has 2 amide bonds. The van der Waals surface area contributed by atoms with E-state index in [0.717, 1.165) is 4.88 Å². The number of amides is 2. The van der Waals surface area contributed by atoms with Gasteiger partial charge in [0.2, 0.25) is 5.91 Å². The Morgan fingerprint density at radius 2 is 1.84 bits per heavy atom. The number of fused-ring (bicyclic) bond motifs is 1. The number of carbonyl (C=O) groups is 2. The van der Waals surface area contributed by atoms with Gasteiger partial charge in [0.05, 0.1) is 28.1 Å². The van der Waals surface area contributed by atoms with Crippen LogP contribution in [0.15, 0.2) is 0 Å². The van der Waals surface area contributed by atoms with Gasteiger partial charge in [-0.3, -0.25) is 9.59 Å². The Morgan fingerprint density at radius 1 is 1.26 bits per heavy atom. The standard InChI is InChI=1S/C13H17N2O3S/c1-12(2)8(11(15)17)7-6(10(14)16)5-19-9(7)13(3,4)18-12/h8H,1-4H3,(H2,14,16)(H2,15,17). The van der Waals surface area contributed by atoms with Gasteiger partial charge in [-0.25, -0.2) is 0 Å². The zero-order valence-electron chi connectivity index (χ0n) is 11.4. The van der Waals surface area contributed by atoms with Gasteiger partial charge in [0.25, 0.3) is 5.91 Å². The van der Waals surface area contributed by atoms with E-state index in [2.05, 4.69) is 5.38 Å². The first-order chi connectivity index (χ1) is 8.58. The van der Waals surface area contributed by atoms with Gasteiger partial charge in [0.1, 0.15) is 0 Å². The molecule has 0 saturated carbocycles. The molecule has 5 nitrogen and oxygen atoms in total. The second-order valence-electron chi connectivity index (χ2n) is 5.74. The molecule has 0 aliphatic carbocycles. The molecule has 19 heavy (non-hydrogen) atoms. The van der Waals surface area contributed by atoms with Crippen LogP contribution >= 0.6 is 11.3 Å². The Balaban J connectivity index is 2.76. The average molecular weight is 281 g/mol. The summed E-state index contributed by atoms with van der Waals surface area (Å²) in [6, 6.07) is 0. The third-order valence-electron chi connectivity index (χ3n) is 3.35. The monoisotopic (exact) mass is 281 g/mol. The van der Waals surface area contributed by atoms with E-state index in [1.54, 1.807) is 13.8 Å². The van der Waals surface area contributed by atoms with Crippen LogP contribution < -0.4 is 11.5 Å². The van der Waals surface area contributed by atoms with E-state index in [1.807, 2.05) is 13.8 Å². The SMILES string of the molecule is CC1(C)OC(C)(C)C(C(N)=O)c2c(C(N)=O)[c]sc21. The van der Waals surface area contributed by atoms with Gasteiger partial charge in [-0.15, -0.1) is 11.3 Å². The van der Waals surface area contributed by atoms with E-state index >= 15 is 0 Å². The predicted octanol–water partition coefficient (Wildman–Crippen LogP) is 1.26. The maximum atomic E-state index is 11.8. The van der Waals surface area contributed by atoms with Gasteiger partial charge < -0.3 is 16.2 Å². The molecule has 0 fully saturated rings. The lowest BCUT2D eigenvalue weighted by molar-refractivity contribution is -0.160. The minimum absolute atomic E-state index is 0.244. The van der Waals surface area contributed by atoms with Gasteiger partial charge in [0.15, 0.2) is 0 Å². The molecule has 0 spiro atoms. The topological polar surface area (TPSA) is 95.4 Å². The van der Waals surface area contributed by atoms with Crippen molar-refractivity contribution in [1.82, 2.24) is 0 Å². The lowest BCUT2D eigenvalue weighted by atomic mass is 9.76. The zero-order chi connectivity index (χ0) is 14.6. The lowest BCUT2D eigenvalue weighted by Gasteiger charge is -2.45. The molecule has 1 aromatic rings. The van der Waals surface area contributed by atoms with Crippen molar-refractivity contribution >= 4 is 23.2 Å². The summed E-state index contributed by atoms with van der Waals surface area (Å²) in [5, 5.41) is 2.87. The normalized spacial score (nSPS) is 23.7. The minimum atomic E-state index is -0.804. The number of hydrogen-bond acceptors (Lipinski definition) is 4. The van der Waals surface area contributed by atoms with Crippen LogP contribution in [0.5, 0.6) is 0 Å². The van der Waals surface area contributed by atoms with E-state index in [-0.39, 0.29) is 5.56 Å². The second-order valence-corrected chi connectivity index (χ2v) is 6.55. The van der Waals surface area contributed by atoms with Crippen LogP contribution in [0, 0.1) is 5.38 Å². The number of hydrogen-bond donors (Lipinski definition) is 2. The molecule has 103 valence electrons. The van der Waals surface area contributed by atoms with Crippen LogP contribution in [-0.2, 0) is 15.1 Å². The average Bonchev–Trinajstić information content (AvgIpc) is 2.58. The molecule has 0 aromatic carbocycles. The highest BCUT2D eigenvalue weighted by molar-refractivity contribution is 7.10. The number of thiophene rings is 1. The zero-order valence-corrected chi connectivity index (χ0v) is 12.2. The highest BCUT2D eigenvalue weighted by atomic mass is 32.1. The predicted molar refractivity (Wildman–Crippen MR) is 71.8 cm³/mol. The first kappa shape index (κ1) is 14.0. The van der Waals surface area contributed by atoms with Crippen molar-refractivity contribution in [3.8, 4) is 0 Å². The van der Waals surface area contributed by atoms with Gasteiger partial charge in [0, 0.05) is 4.88 Å². The van der Waals surface area contributed by atoms with Crippen molar-refractivity contribution < 1.29 is 14.3 Å². The molecule has 0 bridgehead atoms. The summed E-state index contributed by atoms with van der Waals surface area (Å²) in [4.78, 5) is 24.1. The molecule has 0 saturated heterocycles. The summed E-state index contributed by atoms with van der Waals surface area (Å²) in [5.74, 6) is -1.84. The van der Waals surface area contributed by atoms with Crippen LogP contribution in [0.1, 0.15) is 54.4 Å². The Labute approximate surface area is 115 Å². The molecule has 1 unspecified atom stereocenters. The lowest BCUT2D eigenvalue weighted by Crippen LogP contribution is -2.50. The smallest absolute Gasteiger partial charge is 0.250 e. The number of nitrogens with two attached hydrogens (primary N) is 2. The molecule has 1 aliphatic rings. The van der Waals surface area contributed by atoms with E-state index in [4.69, 9.17) is 16.2 Å². The summed E-state index contributed by atoms with van der Waals surface area (Å²) in [6.07, 6.45) is 0. The molecule has 2 rings (SSSR count). The van der Waals surface area contributed by atoms with Gasteiger partial charge in [-0.1, -0.05) is 0 Å². The van der Waals surface area contributed by atoms with E-state index < -0.39 is 28.9 Å². The number of rotatable bonds is 2. The molecule has 1 radical (unpaired) electrons. The second kappa shape index (κ2) is 4.05. The van der Waals surface area contributed by atoms with Crippen LogP contribution in [0.2, 0.25) is 0 Å². The molecular weight excluding hydrogens is 264 g/mol. The van der Waals surface area contributed by atoms with E-state index in [0.29, 0.717) is 5.56 Å². The summed E-state index contributed by atoms with van der Waals surface area (Å²) in [7, 11) is 0. The van der Waals surface area contributed by atoms with Crippen molar-refractivity contribution in [1.29, 1.82) is 0 Å². The summed E-state index contributed by atoms with van der Waals surface area (Å²) < 4.78 is 5.99. The maximum absolute atomic E-state index is 11.8. The first-order valence-electron chi connectivity index (χ1n) is 5.92. The summed E-state index contributed by atoms with van der Waals surface area (Å²) in [6.45, 7) is 7.35. The van der Waals surface area contributed by atoms with Crippen molar-refractivity contribution in [2.24, 2.45) is 11.5 Å². The fraction of sp³-hybridized carbons (Fsp3) is 0.538. The Bertz CT molecular complexity index is 560. The number of carbonyl (C=O) groups excluding carboxylic acids is 2. The molecule has 6 heteroatoms. The van der Waals surface area contributed by atoms with Crippen LogP contribution in [0.4, 0.5) is 0 Å². The quantitative estimate of drug-likeness (QED) is 0.854. The summed E-state index contributed by atoms with van der Waals surface area (Å²) >= 11 is 1.25. The third-order valence-corrected chi connectivity index (χ3v) is 4.57. The van der Waals surface area contributed by atoms with Crippen LogP contribution in [-0.4, -0.2) is 17.4 Å². The Morgan fingerprint density at radius 3 is 2.32 bits per heavy atom. The fourth-order valence-electron chi connectivity index (χ4n) is 2.83. The van der Waals surface area contributed by atoms with Crippen molar-refractivity contribution in [2.45, 2.75) is 44.8 Å². The molecule has 1 aliphatic heterocycles. The third kappa shape index (κ3) is 2.04. The number of primary amides is 2. The molecule has 2 heterocycles. The maximum Gasteiger partial charge on any atom is 0.250 e. The van der Waals surface area contributed by atoms with E-state index in [1.165, 1.54) is 11.3 Å². The molecule has 1 atom stereocenters. The highest BCUT2D eigenvalue weighted by Crippen LogP contribution is 2.50. The number of ether oxygens (including phenoxy) is 1. The van der Waals surface area contributed by atoms with Crippen LogP contribution in [0.3, 0.4) is 0 Å². The fourth-order valence-corrected chi connectivity index (χ4v) is 3.86. The Hall–Kier alpha value is -1.40. The van der Waals surface area contributed by atoms with Crippen LogP contribution in [0.25, 0.3) is 0 Å². The van der Waals surface area contributed by atoms with Crippen molar-refractivity contribution in [2.75, 3.05) is 0 Å². The Kier molecular flexibility index (Phi) is 2.98. The molecular formula is C13H17N2O3S. The van der Waals surface area contributed by atoms with Crippen molar-refractivity contribution in [3.05, 3.63) is 21.4 Å². The summed E-state index contributed by atoms with van der Waals surface area (Å²) in [5.41, 5.74) is 10.3. The molecule has 4 N–H and O–H groups in total. The van der Waals surface area contributed by atoms with Gasteiger partial charge >= 0.3 is 0 Å². The highest BCUT2D eigenvalue weighted by Gasteiger charge is 2.50. The first-order valence-corrected chi connectivity index (χ1v) is 6.73. The van der Waals surface area contributed by atoms with Crippen molar-refractivity contribution in [3.63, 3.8) is 0 Å². The van der Waals surface area contributed by atoms with Gasteiger partial charge in [-0.05, 0) is 33.3 Å². The molecule has 1 aromatic heterocycles.